The molecule has 186 valence electrons. The van der Waals surface area contributed by atoms with Crippen molar-refractivity contribution in [2.45, 2.75) is 32.1 Å². The molecule has 0 N–H and O–H groups in total. The van der Waals surface area contributed by atoms with Crippen molar-refractivity contribution in [2.24, 2.45) is 5.92 Å². The van der Waals surface area contributed by atoms with E-state index in [4.69, 9.17) is 18.9 Å². The predicted octanol–water partition coefficient (Wildman–Crippen LogP) is 5.55. The van der Waals surface area contributed by atoms with Gasteiger partial charge < -0.3 is 23.8 Å². The molecule has 7 nitrogen and oxygen atoms in total. The molecule has 3 aliphatic rings. The molecule has 2 aromatic rings. The standard InChI is InChI=1S/C27H31N3O4.ClH/c1-31-26-8-7-23-27(29-26)24(9-13-28-23)33-17-20-10-14-30(15-11-20)16-12-22-18-32-19-25(34-22)21-5-3-2-4-6-21;/h2-3,5,7-9,13,18-20H,4,6,10-12,14-17H2,1H3;1H. The Balaban J connectivity index is 0.00000289. The number of hydrogen-bond acceptors (Lipinski definition) is 7. The van der Waals surface area contributed by atoms with Gasteiger partial charge in [-0.05, 0) is 56.3 Å². The molecule has 35 heavy (non-hydrogen) atoms. The third-order valence-electron chi connectivity index (χ3n) is 6.53. The molecule has 5 rings (SSSR count). The van der Waals surface area contributed by atoms with Gasteiger partial charge in [0.05, 0.1) is 19.2 Å². The van der Waals surface area contributed by atoms with Crippen molar-refractivity contribution in [3.63, 3.8) is 0 Å². The second-order valence-electron chi connectivity index (χ2n) is 8.84. The van der Waals surface area contributed by atoms with Gasteiger partial charge in [0, 0.05) is 31.3 Å². The van der Waals surface area contributed by atoms with Gasteiger partial charge in [-0.1, -0.05) is 18.2 Å². The van der Waals surface area contributed by atoms with Gasteiger partial charge in [-0.2, -0.15) is 0 Å². The molecule has 4 heterocycles. The molecule has 2 aliphatic heterocycles. The summed E-state index contributed by atoms with van der Waals surface area (Å²) in [6.45, 7) is 3.77. The van der Waals surface area contributed by atoms with Crippen molar-refractivity contribution in [3.8, 4) is 11.6 Å². The average Bonchev–Trinajstić information content (AvgIpc) is 2.91. The van der Waals surface area contributed by atoms with Crippen molar-refractivity contribution in [2.75, 3.05) is 33.4 Å². The van der Waals surface area contributed by atoms with E-state index in [-0.39, 0.29) is 12.4 Å². The van der Waals surface area contributed by atoms with Crippen molar-refractivity contribution in [1.29, 1.82) is 0 Å². The van der Waals surface area contributed by atoms with Gasteiger partial charge in [0.1, 0.15) is 29.5 Å². The van der Waals surface area contributed by atoms with Gasteiger partial charge in [-0.25, -0.2) is 4.98 Å². The smallest absolute Gasteiger partial charge is 0.213 e. The van der Waals surface area contributed by atoms with Crippen LogP contribution in [0.15, 0.2) is 72.2 Å². The van der Waals surface area contributed by atoms with Crippen molar-refractivity contribution in [1.82, 2.24) is 14.9 Å². The molecule has 0 atom stereocenters. The second kappa shape index (κ2) is 12.1. The Kier molecular flexibility index (Phi) is 8.66. The van der Waals surface area contributed by atoms with E-state index >= 15 is 0 Å². The Hall–Kier alpha value is -3.03. The van der Waals surface area contributed by atoms with Gasteiger partial charge >= 0.3 is 0 Å². The van der Waals surface area contributed by atoms with Crippen LogP contribution in [0.25, 0.3) is 11.0 Å². The summed E-state index contributed by atoms with van der Waals surface area (Å²) in [6, 6.07) is 5.61. The lowest BCUT2D eigenvalue weighted by Crippen LogP contribution is -2.36. The zero-order valence-corrected chi connectivity index (χ0v) is 20.8. The van der Waals surface area contributed by atoms with Gasteiger partial charge in [0.25, 0.3) is 0 Å². The quantitative estimate of drug-likeness (QED) is 0.474. The Morgan fingerprint density at radius 1 is 1.14 bits per heavy atom. The molecule has 8 heteroatoms. The zero-order valence-electron chi connectivity index (χ0n) is 20.0. The lowest BCUT2D eigenvalue weighted by atomic mass is 9.97. The van der Waals surface area contributed by atoms with Gasteiger partial charge in [0.15, 0.2) is 5.76 Å². The van der Waals surface area contributed by atoms with Crippen molar-refractivity contribution < 1.29 is 18.9 Å². The zero-order chi connectivity index (χ0) is 23.2. The minimum atomic E-state index is 0. The molecule has 1 saturated heterocycles. The summed E-state index contributed by atoms with van der Waals surface area (Å²) in [6.07, 6.45) is 16.7. The fourth-order valence-corrected chi connectivity index (χ4v) is 4.49. The van der Waals surface area contributed by atoms with Crippen LogP contribution in [0.4, 0.5) is 0 Å². The maximum absolute atomic E-state index is 6.18. The Morgan fingerprint density at radius 3 is 2.83 bits per heavy atom. The van der Waals surface area contributed by atoms with E-state index in [1.807, 2.05) is 18.2 Å². The van der Waals surface area contributed by atoms with Crippen LogP contribution in [0.2, 0.25) is 0 Å². The minimum absolute atomic E-state index is 0. The van der Waals surface area contributed by atoms with Crippen LogP contribution in [0, 0.1) is 5.92 Å². The molecule has 0 radical (unpaired) electrons. The van der Waals surface area contributed by atoms with E-state index in [0.29, 0.717) is 18.4 Å². The van der Waals surface area contributed by atoms with Gasteiger partial charge in [0.2, 0.25) is 5.88 Å². The molecule has 0 bridgehead atoms. The van der Waals surface area contributed by atoms with Crippen LogP contribution in [0.5, 0.6) is 11.6 Å². The maximum atomic E-state index is 6.18. The van der Waals surface area contributed by atoms with Crippen LogP contribution < -0.4 is 9.47 Å². The van der Waals surface area contributed by atoms with E-state index < -0.39 is 0 Å². The van der Waals surface area contributed by atoms with E-state index in [2.05, 4.69) is 33.1 Å². The van der Waals surface area contributed by atoms with E-state index in [0.717, 1.165) is 80.0 Å². The fraction of sp³-hybridized carbons (Fsp3) is 0.407. The first kappa shape index (κ1) is 25.1. The predicted molar refractivity (Wildman–Crippen MR) is 137 cm³/mol. The number of allylic oxidation sites excluding steroid dienone is 4. The van der Waals surface area contributed by atoms with E-state index in [1.165, 1.54) is 5.57 Å². The van der Waals surface area contributed by atoms with Crippen LogP contribution in [0.1, 0.15) is 32.1 Å². The summed E-state index contributed by atoms with van der Waals surface area (Å²) in [5.41, 5.74) is 2.76. The Morgan fingerprint density at radius 2 is 2.03 bits per heavy atom. The molecule has 0 unspecified atom stereocenters. The number of aromatic nitrogens is 2. The third-order valence-corrected chi connectivity index (χ3v) is 6.53. The van der Waals surface area contributed by atoms with Crippen LogP contribution in [-0.2, 0) is 9.47 Å². The highest BCUT2D eigenvalue weighted by atomic mass is 35.5. The molecule has 2 aromatic heterocycles. The minimum Gasteiger partial charge on any atom is -0.491 e. The lowest BCUT2D eigenvalue weighted by molar-refractivity contribution is 0.135. The Bertz CT molecular complexity index is 1140. The highest BCUT2D eigenvalue weighted by molar-refractivity contribution is 5.85. The van der Waals surface area contributed by atoms with Crippen LogP contribution >= 0.6 is 12.4 Å². The summed E-state index contributed by atoms with van der Waals surface area (Å²) in [5.74, 6) is 3.59. The van der Waals surface area contributed by atoms with E-state index in [1.54, 1.807) is 25.8 Å². The second-order valence-corrected chi connectivity index (χ2v) is 8.84. The Labute approximate surface area is 212 Å². The largest absolute Gasteiger partial charge is 0.491 e. The molecule has 0 amide bonds. The first-order chi connectivity index (χ1) is 16.8. The number of hydrogen-bond donors (Lipinski definition) is 0. The number of likely N-dealkylation sites (tertiary alicyclic amines) is 1. The van der Waals surface area contributed by atoms with Crippen molar-refractivity contribution in [3.05, 3.63) is 72.2 Å². The lowest BCUT2D eigenvalue weighted by Gasteiger charge is -2.32. The first-order valence-electron chi connectivity index (χ1n) is 12.0. The highest BCUT2D eigenvalue weighted by Gasteiger charge is 2.22. The first-order valence-corrected chi connectivity index (χ1v) is 12.0. The van der Waals surface area contributed by atoms with Crippen LogP contribution in [0.3, 0.4) is 0 Å². The third kappa shape index (κ3) is 6.35. The molecular weight excluding hydrogens is 466 g/mol. The highest BCUT2D eigenvalue weighted by Crippen LogP contribution is 2.29. The molecule has 0 aromatic carbocycles. The number of ether oxygens (including phenoxy) is 4. The summed E-state index contributed by atoms with van der Waals surface area (Å²) in [5, 5.41) is 0. The van der Waals surface area contributed by atoms with Crippen molar-refractivity contribution >= 4 is 23.4 Å². The summed E-state index contributed by atoms with van der Waals surface area (Å²) in [7, 11) is 1.62. The number of rotatable bonds is 8. The number of fused-ring (bicyclic) bond motifs is 1. The van der Waals surface area contributed by atoms with E-state index in [9.17, 15) is 0 Å². The molecule has 1 aliphatic carbocycles. The maximum Gasteiger partial charge on any atom is 0.213 e. The normalized spacial score (nSPS) is 18.5. The SMILES string of the molecule is COc1ccc2nccc(OCC3CCN(CCC4=COC=C(C5=CC=CCC5)O4)CC3)c2n1.Cl. The number of nitrogens with zero attached hydrogens (tertiary/aromatic N) is 3. The molecule has 1 fully saturated rings. The fourth-order valence-electron chi connectivity index (χ4n) is 4.49. The molecule has 0 spiro atoms. The number of halogens is 1. The topological polar surface area (TPSA) is 65.9 Å². The van der Waals surface area contributed by atoms with Crippen LogP contribution in [-0.4, -0.2) is 48.2 Å². The molecule has 0 saturated carbocycles. The van der Waals surface area contributed by atoms with Gasteiger partial charge in [-0.15, -0.1) is 12.4 Å². The summed E-state index contributed by atoms with van der Waals surface area (Å²) >= 11 is 0. The monoisotopic (exact) mass is 497 g/mol. The van der Waals surface area contributed by atoms with Gasteiger partial charge in [-0.3, -0.25) is 4.98 Å². The number of piperidine rings is 1. The average molecular weight is 498 g/mol. The number of methoxy groups -OCH3 is 1. The summed E-state index contributed by atoms with van der Waals surface area (Å²) < 4.78 is 23.1. The summed E-state index contributed by atoms with van der Waals surface area (Å²) in [4.78, 5) is 11.4. The number of pyridine rings is 2. The molecular formula is C27H32ClN3O4.